The average Bonchev–Trinajstić information content (AvgIpc) is 2.34. The highest BCUT2D eigenvalue weighted by Crippen LogP contribution is 2.27. The first-order valence-corrected chi connectivity index (χ1v) is 5.50. The van der Waals surface area contributed by atoms with Crippen molar-refractivity contribution >= 4 is 0 Å². The number of rotatable bonds is 3. The molecule has 0 aliphatic heterocycles. The van der Waals surface area contributed by atoms with Crippen LogP contribution in [0.3, 0.4) is 0 Å². The summed E-state index contributed by atoms with van der Waals surface area (Å²) in [5.41, 5.74) is 2.75. The van der Waals surface area contributed by atoms with Gasteiger partial charge in [0.15, 0.2) is 0 Å². The Bertz CT molecular complexity index is 523. The molecule has 2 rings (SSSR count). The number of aliphatic hydroxyl groups excluding tert-OH is 1. The summed E-state index contributed by atoms with van der Waals surface area (Å²) in [7, 11) is 0. The predicted molar refractivity (Wildman–Crippen MR) is 66.1 cm³/mol. The van der Waals surface area contributed by atoms with E-state index in [4.69, 9.17) is 9.84 Å². The molecule has 1 heterocycles. The monoisotopic (exact) mass is 229 g/mol. The Morgan fingerprint density at radius 3 is 2.65 bits per heavy atom. The minimum Gasteiger partial charge on any atom is -0.455 e. The molecule has 1 aromatic carbocycles. The topological polar surface area (TPSA) is 42.4 Å². The molecule has 0 aliphatic rings. The van der Waals surface area contributed by atoms with Crippen molar-refractivity contribution in [3.63, 3.8) is 0 Å². The van der Waals surface area contributed by atoms with Crippen LogP contribution in [0.5, 0.6) is 11.5 Å². The van der Waals surface area contributed by atoms with Gasteiger partial charge in [0, 0.05) is 6.20 Å². The number of aryl methyl sites for hydroxylation is 2. The summed E-state index contributed by atoms with van der Waals surface area (Å²) < 4.78 is 5.80. The zero-order valence-corrected chi connectivity index (χ0v) is 9.97. The van der Waals surface area contributed by atoms with E-state index in [-0.39, 0.29) is 6.61 Å². The molecule has 17 heavy (non-hydrogen) atoms. The Morgan fingerprint density at radius 1 is 1.18 bits per heavy atom. The van der Waals surface area contributed by atoms with Gasteiger partial charge in [0.05, 0.1) is 12.3 Å². The van der Waals surface area contributed by atoms with Gasteiger partial charge < -0.3 is 9.84 Å². The molecule has 0 amide bonds. The molecule has 0 unspecified atom stereocenters. The number of aromatic nitrogens is 1. The largest absolute Gasteiger partial charge is 0.455 e. The number of hydrogen-bond acceptors (Lipinski definition) is 3. The van der Waals surface area contributed by atoms with Crippen molar-refractivity contribution in [2.45, 2.75) is 20.5 Å². The lowest BCUT2D eigenvalue weighted by Crippen LogP contribution is -1.93. The third kappa shape index (κ3) is 2.63. The van der Waals surface area contributed by atoms with E-state index in [9.17, 15) is 0 Å². The number of aliphatic hydroxyl groups is 1. The van der Waals surface area contributed by atoms with Crippen LogP contribution in [0, 0.1) is 13.8 Å². The standard InChI is InChI=1S/C14H15NO2/c1-10-8-12(9-16)5-6-13(10)17-14-4-3-7-15-11(14)2/h3-8,16H,9H2,1-2H3. The molecular formula is C14H15NO2. The van der Waals surface area contributed by atoms with Gasteiger partial charge in [-0.15, -0.1) is 0 Å². The zero-order valence-electron chi connectivity index (χ0n) is 9.97. The Morgan fingerprint density at radius 2 is 2.00 bits per heavy atom. The highest BCUT2D eigenvalue weighted by molar-refractivity contribution is 5.40. The fraction of sp³-hybridized carbons (Fsp3) is 0.214. The number of nitrogens with zero attached hydrogens (tertiary/aromatic N) is 1. The van der Waals surface area contributed by atoms with E-state index >= 15 is 0 Å². The van der Waals surface area contributed by atoms with Gasteiger partial charge in [-0.2, -0.15) is 0 Å². The molecule has 88 valence electrons. The number of ether oxygens (including phenoxy) is 1. The number of benzene rings is 1. The van der Waals surface area contributed by atoms with Crippen LogP contribution in [0.1, 0.15) is 16.8 Å². The second kappa shape index (κ2) is 4.97. The molecule has 1 aromatic heterocycles. The molecule has 0 saturated heterocycles. The normalized spacial score (nSPS) is 10.3. The summed E-state index contributed by atoms with van der Waals surface area (Å²) in [6, 6.07) is 9.38. The summed E-state index contributed by atoms with van der Waals surface area (Å²) in [6.07, 6.45) is 1.74. The van der Waals surface area contributed by atoms with Crippen molar-refractivity contribution in [3.8, 4) is 11.5 Å². The van der Waals surface area contributed by atoms with Crippen LogP contribution in [-0.2, 0) is 6.61 Å². The molecule has 3 heteroatoms. The second-order valence-electron chi connectivity index (χ2n) is 3.95. The number of hydrogen-bond donors (Lipinski definition) is 1. The first kappa shape index (κ1) is 11.6. The quantitative estimate of drug-likeness (QED) is 0.879. The van der Waals surface area contributed by atoms with Gasteiger partial charge in [-0.05, 0) is 43.2 Å². The summed E-state index contributed by atoms with van der Waals surface area (Å²) in [5.74, 6) is 1.55. The van der Waals surface area contributed by atoms with Crippen molar-refractivity contribution in [2.24, 2.45) is 0 Å². The summed E-state index contributed by atoms with van der Waals surface area (Å²) in [5, 5.41) is 9.04. The SMILES string of the molecule is Cc1cc(CO)ccc1Oc1cccnc1C. The molecule has 0 saturated carbocycles. The van der Waals surface area contributed by atoms with Crippen molar-refractivity contribution in [3.05, 3.63) is 53.3 Å². The van der Waals surface area contributed by atoms with Gasteiger partial charge >= 0.3 is 0 Å². The van der Waals surface area contributed by atoms with Crippen LogP contribution >= 0.6 is 0 Å². The van der Waals surface area contributed by atoms with Gasteiger partial charge in [-0.25, -0.2) is 0 Å². The molecule has 1 N–H and O–H groups in total. The Hall–Kier alpha value is -1.87. The molecular weight excluding hydrogens is 214 g/mol. The maximum Gasteiger partial charge on any atom is 0.148 e. The van der Waals surface area contributed by atoms with Gasteiger partial charge in [-0.3, -0.25) is 4.98 Å². The minimum absolute atomic E-state index is 0.0487. The second-order valence-corrected chi connectivity index (χ2v) is 3.95. The Balaban J connectivity index is 2.28. The maximum atomic E-state index is 9.04. The van der Waals surface area contributed by atoms with Crippen molar-refractivity contribution in [2.75, 3.05) is 0 Å². The Kier molecular flexibility index (Phi) is 3.40. The maximum absolute atomic E-state index is 9.04. The van der Waals surface area contributed by atoms with Crippen molar-refractivity contribution in [1.82, 2.24) is 4.98 Å². The van der Waals surface area contributed by atoms with Gasteiger partial charge in [0.1, 0.15) is 11.5 Å². The van der Waals surface area contributed by atoms with Gasteiger partial charge in [-0.1, -0.05) is 12.1 Å². The molecule has 0 bridgehead atoms. The lowest BCUT2D eigenvalue weighted by atomic mass is 10.1. The van der Waals surface area contributed by atoms with Crippen LogP contribution in [0.25, 0.3) is 0 Å². The minimum atomic E-state index is 0.0487. The lowest BCUT2D eigenvalue weighted by Gasteiger charge is -2.10. The van der Waals surface area contributed by atoms with Gasteiger partial charge in [0.25, 0.3) is 0 Å². The third-order valence-electron chi connectivity index (χ3n) is 2.60. The van der Waals surface area contributed by atoms with E-state index in [1.807, 2.05) is 44.2 Å². The first-order valence-electron chi connectivity index (χ1n) is 5.50. The number of pyridine rings is 1. The first-order chi connectivity index (χ1) is 8.20. The zero-order chi connectivity index (χ0) is 12.3. The molecule has 3 nitrogen and oxygen atoms in total. The van der Waals surface area contributed by atoms with E-state index in [2.05, 4.69) is 4.98 Å². The van der Waals surface area contributed by atoms with Crippen LogP contribution in [-0.4, -0.2) is 10.1 Å². The van der Waals surface area contributed by atoms with Gasteiger partial charge in [0.2, 0.25) is 0 Å². The van der Waals surface area contributed by atoms with E-state index in [0.717, 1.165) is 28.3 Å². The summed E-state index contributed by atoms with van der Waals surface area (Å²) in [4.78, 5) is 4.17. The van der Waals surface area contributed by atoms with Crippen molar-refractivity contribution in [1.29, 1.82) is 0 Å². The van der Waals surface area contributed by atoms with Crippen molar-refractivity contribution < 1.29 is 9.84 Å². The predicted octanol–water partition coefficient (Wildman–Crippen LogP) is 2.98. The molecule has 0 atom stereocenters. The molecule has 0 spiro atoms. The third-order valence-corrected chi connectivity index (χ3v) is 2.60. The highest BCUT2D eigenvalue weighted by atomic mass is 16.5. The summed E-state index contributed by atoms with van der Waals surface area (Å²) >= 11 is 0. The van der Waals surface area contributed by atoms with E-state index in [1.165, 1.54) is 0 Å². The highest BCUT2D eigenvalue weighted by Gasteiger charge is 2.04. The van der Waals surface area contributed by atoms with Crippen LogP contribution in [0.4, 0.5) is 0 Å². The van der Waals surface area contributed by atoms with E-state index in [0.29, 0.717) is 0 Å². The lowest BCUT2D eigenvalue weighted by molar-refractivity contribution is 0.281. The van der Waals surface area contributed by atoms with Crippen LogP contribution < -0.4 is 4.74 Å². The van der Waals surface area contributed by atoms with E-state index < -0.39 is 0 Å². The molecule has 0 radical (unpaired) electrons. The Labute approximate surface area is 101 Å². The molecule has 0 fully saturated rings. The average molecular weight is 229 g/mol. The molecule has 0 aliphatic carbocycles. The molecule has 2 aromatic rings. The van der Waals surface area contributed by atoms with E-state index in [1.54, 1.807) is 6.20 Å². The fourth-order valence-corrected chi connectivity index (χ4v) is 1.62. The summed E-state index contributed by atoms with van der Waals surface area (Å²) in [6.45, 7) is 3.92. The van der Waals surface area contributed by atoms with Crippen LogP contribution in [0.2, 0.25) is 0 Å². The van der Waals surface area contributed by atoms with Crippen LogP contribution in [0.15, 0.2) is 36.5 Å². The smallest absolute Gasteiger partial charge is 0.148 e. The fourth-order valence-electron chi connectivity index (χ4n) is 1.62.